The standard InChI is InChI=1S/C9H20N4O3/c1-9(2,3)16-8(14)12-5-4-6(13-15)7(10)11/h6,13,15H,4-5H2,1-3H3,(H3,10,11)(H,12,14). The maximum atomic E-state index is 11.2. The number of carbonyl (C=O) groups excluding carboxylic acids is 1. The number of amidine groups is 1. The molecular weight excluding hydrogens is 212 g/mol. The van der Waals surface area contributed by atoms with Gasteiger partial charge in [0.25, 0.3) is 0 Å². The van der Waals surface area contributed by atoms with Crippen LogP contribution in [0.15, 0.2) is 0 Å². The Bertz CT molecular complexity index is 250. The molecule has 0 aromatic rings. The summed E-state index contributed by atoms with van der Waals surface area (Å²) in [7, 11) is 0. The van der Waals surface area contributed by atoms with E-state index in [0.717, 1.165) is 0 Å². The zero-order valence-electron chi connectivity index (χ0n) is 9.83. The van der Waals surface area contributed by atoms with Crippen molar-refractivity contribution in [1.82, 2.24) is 10.8 Å². The van der Waals surface area contributed by atoms with Gasteiger partial charge < -0.3 is 21.0 Å². The second-order valence-corrected chi connectivity index (χ2v) is 4.35. The lowest BCUT2D eigenvalue weighted by molar-refractivity contribution is 0.0522. The predicted octanol–water partition coefficient (Wildman–Crippen LogP) is 0.185. The summed E-state index contributed by atoms with van der Waals surface area (Å²) in [5.74, 6) is -0.187. The Morgan fingerprint density at radius 2 is 2.12 bits per heavy atom. The predicted molar refractivity (Wildman–Crippen MR) is 59.5 cm³/mol. The van der Waals surface area contributed by atoms with Crippen LogP contribution in [0.25, 0.3) is 0 Å². The molecule has 0 bridgehead atoms. The van der Waals surface area contributed by atoms with Crippen LogP contribution in [-0.4, -0.2) is 35.3 Å². The van der Waals surface area contributed by atoms with E-state index in [-0.39, 0.29) is 12.4 Å². The molecule has 1 atom stereocenters. The molecule has 0 spiro atoms. The van der Waals surface area contributed by atoms with E-state index < -0.39 is 17.7 Å². The number of hydrogen-bond acceptors (Lipinski definition) is 5. The van der Waals surface area contributed by atoms with Crippen LogP contribution < -0.4 is 16.5 Å². The first-order valence-corrected chi connectivity index (χ1v) is 4.96. The quantitative estimate of drug-likeness (QED) is 0.263. The molecule has 0 heterocycles. The third-order valence-electron chi connectivity index (χ3n) is 1.63. The molecule has 0 aliphatic heterocycles. The maximum Gasteiger partial charge on any atom is 0.407 e. The first-order chi connectivity index (χ1) is 7.26. The number of hydroxylamine groups is 1. The maximum absolute atomic E-state index is 11.2. The average Bonchev–Trinajstić information content (AvgIpc) is 2.08. The van der Waals surface area contributed by atoms with E-state index in [1.165, 1.54) is 0 Å². The molecule has 0 aliphatic carbocycles. The topological polar surface area (TPSA) is 120 Å². The molecule has 1 amide bonds. The van der Waals surface area contributed by atoms with Crippen molar-refractivity contribution in [1.29, 1.82) is 5.41 Å². The lowest BCUT2D eigenvalue weighted by Crippen LogP contribution is -2.42. The minimum atomic E-state index is -0.657. The summed E-state index contributed by atoms with van der Waals surface area (Å²) in [6.07, 6.45) is -0.224. The van der Waals surface area contributed by atoms with Crippen molar-refractivity contribution in [3.8, 4) is 0 Å². The molecule has 0 saturated carbocycles. The van der Waals surface area contributed by atoms with Crippen LogP contribution in [0, 0.1) is 5.41 Å². The van der Waals surface area contributed by atoms with Gasteiger partial charge in [-0.2, -0.15) is 5.48 Å². The SMILES string of the molecule is CC(C)(C)OC(=O)NCCC(NO)C(=N)N. The van der Waals surface area contributed by atoms with Gasteiger partial charge in [-0.15, -0.1) is 0 Å². The Morgan fingerprint density at radius 3 is 2.50 bits per heavy atom. The molecule has 0 aromatic heterocycles. The Balaban J connectivity index is 3.81. The highest BCUT2D eigenvalue weighted by molar-refractivity contribution is 5.82. The minimum absolute atomic E-state index is 0.187. The Labute approximate surface area is 94.8 Å². The molecule has 0 radical (unpaired) electrons. The zero-order chi connectivity index (χ0) is 12.8. The smallest absolute Gasteiger partial charge is 0.407 e. The number of rotatable bonds is 5. The number of nitrogens with one attached hydrogen (secondary N) is 3. The zero-order valence-corrected chi connectivity index (χ0v) is 9.83. The van der Waals surface area contributed by atoms with E-state index in [1.54, 1.807) is 20.8 Å². The molecule has 0 rings (SSSR count). The van der Waals surface area contributed by atoms with Crippen LogP contribution in [0.5, 0.6) is 0 Å². The molecular formula is C9H20N4O3. The number of carbonyl (C=O) groups is 1. The van der Waals surface area contributed by atoms with Gasteiger partial charge in [-0.05, 0) is 27.2 Å². The molecule has 6 N–H and O–H groups in total. The van der Waals surface area contributed by atoms with Gasteiger partial charge in [0.2, 0.25) is 0 Å². The molecule has 0 aromatic carbocycles. The third-order valence-corrected chi connectivity index (χ3v) is 1.63. The Hall–Kier alpha value is -1.34. The summed E-state index contributed by atoms with van der Waals surface area (Å²) in [4.78, 5) is 11.2. The summed E-state index contributed by atoms with van der Waals surface area (Å²) in [5.41, 5.74) is 6.52. The van der Waals surface area contributed by atoms with Crippen LogP contribution in [-0.2, 0) is 4.74 Å². The Morgan fingerprint density at radius 1 is 1.56 bits per heavy atom. The number of alkyl carbamates (subject to hydrolysis) is 1. The summed E-state index contributed by atoms with van der Waals surface area (Å²) >= 11 is 0. The summed E-state index contributed by atoms with van der Waals surface area (Å²) < 4.78 is 5.00. The van der Waals surface area contributed by atoms with Crippen molar-refractivity contribution in [2.24, 2.45) is 5.73 Å². The number of amides is 1. The van der Waals surface area contributed by atoms with Gasteiger partial charge in [-0.3, -0.25) is 5.41 Å². The van der Waals surface area contributed by atoms with Crippen molar-refractivity contribution >= 4 is 11.9 Å². The van der Waals surface area contributed by atoms with Gasteiger partial charge in [-0.25, -0.2) is 4.79 Å². The fourth-order valence-electron chi connectivity index (χ4n) is 0.922. The van der Waals surface area contributed by atoms with Crippen molar-refractivity contribution in [3.63, 3.8) is 0 Å². The normalized spacial score (nSPS) is 13.0. The van der Waals surface area contributed by atoms with Gasteiger partial charge in [0.1, 0.15) is 11.4 Å². The van der Waals surface area contributed by atoms with Crippen molar-refractivity contribution in [3.05, 3.63) is 0 Å². The summed E-state index contributed by atoms with van der Waals surface area (Å²) in [5, 5.41) is 18.2. The lowest BCUT2D eigenvalue weighted by atomic mass is 10.2. The molecule has 0 fully saturated rings. The second kappa shape index (κ2) is 6.29. The highest BCUT2D eigenvalue weighted by Crippen LogP contribution is 2.06. The Kier molecular flexibility index (Phi) is 5.76. The van der Waals surface area contributed by atoms with Crippen LogP contribution in [0.2, 0.25) is 0 Å². The highest BCUT2D eigenvalue weighted by atomic mass is 16.6. The monoisotopic (exact) mass is 232 g/mol. The molecule has 16 heavy (non-hydrogen) atoms. The number of ether oxygens (including phenoxy) is 1. The summed E-state index contributed by atoms with van der Waals surface area (Å²) in [6.45, 7) is 5.55. The van der Waals surface area contributed by atoms with Gasteiger partial charge in [0, 0.05) is 6.54 Å². The number of nitrogens with two attached hydrogens (primary N) is 1. The average molecular weight is 232 g/mol. The highest BCUT2D eigenvalue weighted by Gasteiger charge is 2.16. The molecule has 7 heteroatoms. The minimum Gasteiger partial charge on any atom is -0.444 e. The van der Waals surface area contributed by atoms with E-state index >= 15 is 0 Å². The van der Waals surface area contributed by atoms with Crippen LogP contribution >= 0.6 is 0 Å². The van der Waals surface area contributed by atoms with E-state index in [9.17, 15) is 4.79 Å². The van der Waals surface area contributed by atoms with Gasteiger partial charge in [-0.1, -0.05) is 0 Å². The second-order valence-electron chi connectivity index (χ2n) is 4.35. The first kappa shape index (κ1) is 14.7. The van der Waals surface area contributed by atoms with E-state index in [0.29, 0.717) is 6.42 Å². The largest absolute Gasteiger partial charge is 0.444 e. The van der Waals surface area contributed by atoms with Crippen molar-refractivity contribution in [2.75, 3.05) is 6.54 Å². The molecule has 94 valence electrons. The fraction of sp³-hybridized carbons (Fsp3) is 0.778. The molecule has 0 aliphatic rings. The molecule has 0 saturated heterocycles. The van der Waals surface area contributed by atoms with E-state index in [2.05, 4.69) is 5.32 Å². The van der Waals surface area contributed by atoms with Crippen LogP contribution in [0.3, 0.4) is 0 Å². The fourth-order valence-corrected chi connectivity index (χ4v) is 0.922. The summed E-state index contributed by atoms with van der Waals surface area (Å²) in [6, 6.07) is -0.657. The van der Waals surface area contributed by atoms with Gasteiger partial charge in [0.15, 0.2) is 0 Å². The van der Waals surface area contributed by atoms with E-state index in [4.69, 9.17) is 21.1 Å². The van der Waals surface area contributed by atoms with Crippen molar-refractivity contribution in [2.45, 2.75) is 38.8 Å². The van der Waals surface area contributed by atoms with Crippen LogP contribution in [0.1, 0.15) is 27.2 Å². The number of hydrogen-bond donors (Lipinski definition) is 5. The van der Waals surface area contributed by atoms with Gasteiger partial charge in [0.05, 0.1) is 6.04 Å². The van der Waals surface area contributed by atoms with E-state index in [1.807, 2.05) is 5.48 Å². The third kappa shape index (κ3) is 7.02. The first-order valence-electron chi connectivity index (χ1n) is 4.96. The molecule has 1 unspecified atom stereocenters. The molecule has 7 nitrogen and oxygen atoms in total. The van der Waals surface area contributed by atoms with Gasteiger partial charge >= 0.3 is 6.09 Å². The van der Waals surface area contributed by atoms with Crippen LogP contribution in [0.4, 0.5) is 4.79 Å². The van der Waals surface area contributed by atoms with Crippen molar-refractivity contribution < 1.29 is 14.7 Å². The lowest BCUT2D eigenvalue weighted by Gasteiger charge is -2.20.